The molecule has 0 radical (unpaired) electrons. The van der Waals surface area contributed by atoms with Gasteiger partial charge in [-0.2, -0.15) is 0 Å². The molecule has 0 saturated heterocycles. The molecule has 0 spiro atoms. The Hall–Kier alpha value is -1.39. The predicted molar refractivity (Wildman–Crippen MR) is 126 cm³/mol. The maximum atomic E-state index is 12.4. The maximum Gasteiger partial charge on any atom is 0.302 e. The van der Waals surface area contributed by atoms with Crippen molar-refractivity contribution >= 4 is 17.7 Å². The van der Waals surface area contributed by atoms with Crippen molar-refractivity contribution in [1.82, 2.24) is 0 Å². The lowest BCUT2D eigenvalue weighted by Crippen LogP contribution is -2.58. The first kappa shape index (κ1) is 24.7. The van der Waals surface area contributed by atoms with Gasteiger partial charge in [0, 0.05) is 38.0 Å². The van der Waals surface area contributed by atoms with Gasteiger partial charge < -0.3 is 9.47 Å². The molecule has 5 nitrogen and oxygen atoms in total. The summed E-state index contributed by atoms with van der Waals surface area (Å²) in [6, 6.07) is 0. The zero-order valence-electron chi connectivity index (χ0n) is 21.5. The zero-order valence-corrected chi connectivity index (χ0v) is 21.5. The van der Waals surface area contributed by atoms with Gasteiger partial charge in [-0.25, -0.2) is 0 Å². The van der Waals surface area contributed by atoms with Crippen molar-refractivity contribution in [2.75, 3.05) is 0 Å². The van der Waals surface area contributed by atoms with Crippen LogP contribution in [0.25, 0.3) is 0 Å². The van der Waals surface area contributed by atoms with Gasteiger partial charge in [0.05, 0.1) is 0 Å². The molecule has 0 aliphatic heterocycles. The molecule has 5 heteroatoms. The Balaban J connectivity index is 1.72. The van der Waals surface area contributed by atoms with E-state index in [9.17, 15) is 14.4 Å². The maximum absolute atomic E-state index is 12.4. The summed E-state index contributed by atoms with van der Waals surface area (Å²) in [5.74, 6) is 2.61. The van der Waals surface area contributed by atoms with E-state index < -0.39 is 0 Å². The SMILES string of the molecule is CCC[C@H](OC(C)=O)[C@H]1C[C@H](OC(C)=O)[C@@]2(C)CC[C@H]3[C@@H](CC[C@H]4CC(=O)C[C@H](C)[C@@]43C)[C@H]12. The monoisotopic (exact) mass is 460 g/mol. The van der Waals surface area contributed by atoms with Crippen molar-refractivity contribution < 1.29 is 23.9 Å². The number of Topliss-reactive ketones (excluding diaryl/α,β-unsaturated/α-hetero) is 1. The molecule has 0 unspecified atom stereocenters. The van der Waals surface area contributed by atoms with Gasteiger partial charge in [0.1, 0.15) is 18.0 Å². The number of ketones is 1. The number of rotatable bonds is 5. The molecular weight excluding hydrogens is 416 g/mol. The summed E-state index contributed by atoms with van der Waals surface area (Å²) >= 11 is 0. The standard InChI is InChI=1S/C28H44O5/c1-7-8-24(32-17(3)29)22-15-25(33-18(4)30)27(5)12-11-23-21(26(22)27)10-9-19-14-20(31)13-16(2)28(19,23)6/h16,19,21-26H,7-15H2,1-6H3/t16-,19-,21+,22+,23-,24-,25-,26+,27+,28-/m0/s1. The molecule has 4 saturated carbocycles. The largest absolute Gasteiger partial charge is 0.462 e. The Kier molecular flexibility index (Phi) is 6.74. The fraction of sp³-hybridized carbons (Fsp3) is 0.893. The molecule has 0 aromatic rings. The first-order chi connectivity index (χ1) is 15.5. The van der Waals surface area contributed by atoms with Crippen molar-refractivity contribution in [1.29, 1.82) is 0 Å². The molecule has 0 aromatic carbocycles. The van der Waals surface area contributed by atoms with E-state index in [1.165, 1.54) is 13.8 Å². The van der Waals surface area contributed by atoms with Crippen LogP contribution in [0, 0.1) is 46.3 Å². The number of carbonyl (C=O) groups is 3. The van der Waals surface area contributed by atoms with Crippen LogP contribution in [0.2, 0.25) is 0 Å². The number of fused-ring (bicyclic) bond motifs is 5. The smallest absolute Gasteiger partial charge is 0.302 e. The Morgan fingerprint density at radius 1 is 1.09 bits per heavy atom. The van der Waals surface area contributed by atoms with Crippen molar-refractivity contribution in [3.63, 3.8) is 0 Å². The quantitative estimate of drug-likeness (QED) is 0.490. The average molecular weight is 461 g/mol. The predicted octanol–water partition coefficient (Wildman–Crippen LogP) is 5.73. The second-order valence-corrected chi connectivity index (χ2v) is 12.3. The van der Waals surface area contributed by atoms with E-state index in [1.807, 2.05) is 0 Å². The average Bonchev–Trinajstić information content (AvgIpc) is 3.00. The highest BCUT2D eigenvalue weighted by atomic mass is 16.6. The van der Waals surface area contributed by atoms with Gasteiger partial charge in [-0.3, -0.25) is 14.4 Å². The summed E-state index contributed by atoms with van der Waals surface area (Å²) in [6.45, 7) is 12.3. The van der Waals surface area contributed by atoms with E-state index in [4.69, 9.17) is 9.47 Å². The molecule has 0 bridgehead atoms. The summed E-state index contributed by atoms with van der Waals surface area (Å²) in [5.41, 5.74) is 0.102. The van der Waals surface area contributed by atoms with Crippen LogP contribution < -0.4 is 0 Å². The molecule has 0 heterocycles. The number of carbonyl (C=O) groups excluding carboxylic acids is 3. The van der Waals surface area contributed by atoms with Gasteiger partial charge in [0.15, 0.2) is 0 Å². The molecule has 186 valence electrons. The van der Waals surface area contributed by atoms with Crippen LogP contribution >= 0.6 is 0 Å². The molecule has 4 fully saturated rings. The third-order valence-electron chi connectivity index (χ3n) is 10.7. The summed E-state index contributed by atoms with van der Waals surface area (Å²) in [7, 11) is 0. The van der Waals surface area contributed by atoms with E-state index in [-0.39, 0.29) is 40.9 Å². The zero-order chi connectivity index (χ0) is 24.1. The second-order valence-electron chi connectivity index (χ2n) is 12.3. The number of hydrogen-bond acceptors (Lipinski definition) is 5. The Morgan fingerprint density at radius 3 is 2.45 bits per heavy atom. The van der Waals surface area contributed by atoms with Gasteiger partial charge in [0.2, 0.25) is 0 Å². The van der Waals surface area contributed by atoms with Crippen LogP contribution in [-0.2, 0) is 23.9 Å². The summed E-state index contributed by atoms with van der Waals surface area (Å²) in [5, 5.41) is 0. The van der Waals surface area contributed by atoms with Gasteiger partial charge in [-0.1, -0.05) is 34.1 Å². The number of ether oxygens (including phenoxy) is 2. The van der Waals surface area contributed by atoms with Crippen LogP contribution in [0.15, 0.2) is 0 Å². The van der Waals surface area contributed by atoms with Crippen LogP contribution in [0.5, 0.6) is 0 Å². The lowest BCUT2D eigenvalue weighted by molar-refractivity contribution is -0.172. The van der Waals surface area contributed by atoms with Crippen molar-refractivity contribution in [3.05, 3.63) is 0 Å². The van der Waals surface area contributed by atoms with Gasteiger partial charge in [-0.05, 0) is 73.5 Å². The van der Waals surface area contributed by atoms with Crippen molar-refractivity contribution in [2.45, 2.75) is 112 Å². The fourth-order valence-corrected chi connectivity index (χ4v) is 9.23. The molecule has 0 aromatic heterocycles. The highest BCUT2D eigenvalue weighted by Gasteiger charge is 2.65. The van der Waals surface area contributed by atoms with Gasteiger partial charge >= 0.3 is 11.9 Å². The third kappa shape index (κ3) is 4.05. The molecular formula is C28H44O5. The Bertz CT molecular complexity index is 791. The van der Waals surface area contributed by atoms with Gasteiger partial charge in [-0.15, -0.1) is 0 Å². The van der Waals surface area contributed by atoms with Crippen LogP contribution in [0.4, 0.5) is 0 Å². The van der Waals surface area contributed by atoms with E-state index in [0.717, 1.165) is 51.4 Å². The van der Waals surface area contributed by atoms with Crippen molar-refractivity contribution in [3.8, 4) is 0 Å². The molecule has 4 aliphatic rings. The first-order valence-electron chi connectivity index (χ1n) is 13.4. The molecule has 0 N–H and O–H groups in total. The molecule has 4 aliphatic carbocycles. The summed E-state index contributed by atoms with van der Waals surface area (Å²) in [4.78, 5) is 36.5. The molecule has 4 rings (SSSR count). The first-order valence-corrected chi connectivity index (χ1v) is 13.4. The van der Waals surface area contributed by atoms with Crippen molar-refractivity contribution in [2.24, 2.45) is 46.3 Å². The summed E-state index contributed by atoms with van der Waals surface area (Å²) in [6.07, 6.45) is 8.25. The minimum absolute atomic E-state index is 0.0828. The molecule has 33 heavy (non-hydrogen) atoms. The third-order valence-corrected chi connectivity index (χ3v) is 10.7. The van der Waals surface area contributed by atoms with Crippen LogP contribution in [0.3, 0.4) is 0 Å². The van der Waals surface area contributed by atoms with E-state index in [0.29, 0.717) is 41.8 Å². The van der Waals surface area contributed by atoms with E-state index >= 15 is 0 Å². The van der Waals surface area contributed by atoms with Gasteiger partial charge in [0.25, 0.3) is 0 Å². The van der Waals surface area contributed by atoms with E-state index in [2.05, 4.69) is 27.7 Å². The summed E-state index contributed by atoms with van der Waals surface area (Å²) < 4.78 is 11.9. The minimum Gasteiger partial charge on any atom is -0.462 e. The topological polar surface area (TPSA) is 69.7 Å². The lowest BCUT2D eigenvalue weighted by Gasteiger charge is -2.62. The second kappa shape index (κ2) is 9.00. The molecule has 10 atom stereocenters. The highest BCUT2D eigenvalue weighted by molar-refractivity contribution is 5.80. The van der Waals surface area contributed by atoms with E-state index in [1.54, 1.807) is 0 Å². The van der Waals surface area contributed by atoms with Crippen LogP contribution in [-0.4, -0.2) is 29.9 Å². The number of hydrogen-bond donors (Lipinski definition) is 0. The fourth-order valence-electron chi connectivity index (χ4n) is 9.23. The Morgan fingerprint density at radius 2 is 1.82 bits per heavy atom. The minimum atomic E-state index is -0.214. The number of esters is 2. The Labute approximate surface area is 199 Å². The normalized spacial score (nSPS) is 45.4. The van der Waals surface area contributed by atoms with Crippen LogP contribution in [0.1, 0.15) is 99.3 Å². The molecule has 0 amide bonds. The lowest BCUT2D eigenvalue weighted by atomic mass is 9.42. The highest BCUT2D eigenvalue weighted by Crippen LogP contribution is 2.69.